The fourth-order valence-corrected chi connectivity index (χ4v) is 3.99. The van der Waals surface area contributed by atoms with Crippen LogP contribution in [0, 0.1) is 5.92 Å². The van der Waals surface area contributed by atoms with E-state index in [9.17, 15) is 0 Å². The van der Waals surface area contributed by atoms with Crippen molar-refractivity contribution in [1.29, 1.82) is 0 Å². The second-order valence-electron chi connectivity index (χ2n) is 6.77. The van der Waals surface area contributed by atoms with Crippen LogP contribution < -0.4 is 4.90 Å². The Morgan fingerprint density at radius 3 is 3.00 bits per heavy atom. The molecule has 4 heterocycles. The quantitative estimate of drug-likeness (QED) is 0.843. The van der Waals surface area contributed by atoms with Gasteiger partial charge >= 0.3 is 0 Å². The third-order valence-electron chi connectivity index (χ3n) is 5.23. The number of fused-ring (bicyclic) bond motifs is 4. The Balaban J connectivity index is 1.76. The molecular formula is C16H24N6. The summed E-state index contributed by atoms with van der Waals surface area (Å²) in [4.78, 5) is 5.09. The Bertz CT molecular complexity index is 666. The molecule has 0 radical (unpaired) electrons. The lowest BCUT2D eigenvalue weighted by Gasteiger charge is -2.31. The standard InChI is InChI=1S/C16H24N6/c1-3-13-7-15(16-18-17-11-22(16)19-13)21-9-12-5-4-6-14(10-21)20(2)8-12/h7,11-12,14H,3-6,8-10H2,1-2H3/t12-,14-/m0/s1. The average molecular weight is 300 g/mol. The van der Waals surface area contributed by atoms with Gasteiger partial charge in [0, 0.05) is 25.7 Å². The van der Waals surface area contributed by atoms with Crippen molar-refractivity contribution >= 4 is 11.3 Å². The Hall–Kier alpha value is -1.69. The van der Waals surface area contributed by atoms with Gasteiger partial charge in [-0.1, -0.05) is 13.3 Å². The number of aryl methyl sites for hydroxylation is 1. The van der Waals surface area contributed by atoms with E-state index >= 15 is 0 Å². The molecule has 0 amide bonds. The number of likely N-dealkylation sites (N-methyl/N-ethyl adjacent to an activating group) is 1. The van der Waals surface area contributed by atoms with Gasteiger partial charge in [0.2, 0.25) is 5.65 Å². The van der Waals surface area contributed by atoms with Gasteiger partial charge in [-0.05, 0) is 38.3 Å². The van der Waals surface area contributed by atoms with E-state index in [-0.39, 0.29) is 0 Å². The molecule has 0 unspecified atom stereocenters. The molecule has 118 valence electrons. The van der Waals surface area contributed by atoms with Gasteiger partial charge in [-0.3, -0.25) is 0 Å². The third kappa shape index (κ3) is 2.35. The number of aromatic nitrogens is 4. The Morgan fingerprint density at radius 2 is 2.14 bits per heavy atom. The molecule has 22 heavy (non-hydrogen) atoms. The van der Waals surface area contributed by atoms with Crippen LogP contribution in [0.4, 0.5) is 5.69 Å². The molecule has 2 bridgehead atoms. The molecule has 6 heteroatoms. The van der Waals surface area contributed by atoms with Crippen LogP contribution in [0.2, 0.25) is 0 Å². The van der Waals surface area contributed by atoms with E-state index in [4.69, 9.17) is 0 Å². The molecule has 2 fully saturated rings. The fraction of sp³-hybridized carbons (Fsp3) is 0.688. The fourth-order valence-electron chi connectivity index (χ4n) is 3.99. The van der Waals surface area contributed by atoms with Crippen molar-refractivity contribution in [1.82, 2.24) is 24.7 Å². The zero-order chi connectivity index (χ0) is 15.1. The Labute approximate surface area is 131 Å². The monoisotopic (exact) mass is 300 g/mol. The van der Waals surface area contributed by atoms with Crippen molar-refractivity contribution in [3.8, 4) is 0 Å². The van der Waals surface area contributed by atoms with Crippen LogP contribution in [0.3, 0.4) is 0 Å². The number of rotatable bonds is 2. The minimum atomic E-state index is 0.647. The molecule has 6 nitrogen and oxygen atoms in total. The van der Waals surface area contributed by atoms with Crippen LogP contribution in [0.5, 0.6) is 0 Å². The maximum Gasteiger partial charge on any atom is 0.200 e. The number of nitrogens with zero attached hydrogens (tertiary/aromatic N) is 6. The normalized spacial score (nSPS) is 26.4. The van der Waals surface area contributed by atoms with Gasteiger partial charge in [-0.2, -0.15) is 9.61 Å². The lowest BCUT2D eigenvalue weighted by Crippen LogP contribution is -2.39. The maximum atomic E-state index is 4.57. The second-order valence-corrected chi connectivity index (χ2v) is 6.77. The molecule has 2 aromatic rings. The molecule has 2 aliphatic heterocycles. The first-order valence-corrected chi connectivity index (χ1v) is 8.39. The highest BCUT2D eigenvalue weighted by molar-refractivity contribution is 5.68. The van der Waals surface area contributed by atoms with E-state index in [1.54, 1.807) is 6.33 Å². The Kier molecular flexibility index (Phi) is 3.48. The zero-order valence-electron chi connectivity index (χ0n) is 13.4. The number of hydrogen-bond donors (Lipinski definition) is 0. The van der Waals surface area contributed by atoms with E-state index in [1.807, 2.05) is 4.52 Å². The molecule has 0 aromatic carbocycles. The summed E-state index contributed by atoms with van der Waals surface area (Å²) in [6.45, 7) is 5.57. The molecule has 2 aliphatic rings. The topological polar surface area (TPSA) is 49.6 Å². The molecule has 0 saturated carbocycles. The van der Waals surface area contributed by atoms with Crippen LogP contribution in [0.15, 0.2) is 12.4 Å². The molecular weight excluding hydrogens is 276 g/mol. The smallest absolute Gasteiger partial charge is 0.200 e. The van der Waals surface area contributed by atoms with Crippen molar-refractivity contribution in [2.24, 2.45) is 5.92 Å². The lowest BCUT2D eigenvalue weighted by molar-refractivity contribution is 0.249. The van der Waals surface area contributed by atoms with Gasteiger partial charge < -0.3 is 9.80 Å². The second kappa shape index (κ2) is 5.50. The van der Waals surface area contributed by atoms with Crippen LogP contribution in [0.25, 0.3) is 5.65 Å². The highest BCUT2D eigenvalue weighted by atomic mass is 15.4. The van der Waals surface area contributed by atoms with E-state index < -0.39 is 0 Å². The number of anilines is 1. The highest BCUT2D eigenvalue weighted by Gasteiger charge is 2.31. The van der Waals surface area contributed by atoms with Crippen LogP contribution in [0.1, 0.15) is 31.9 Å². The summed E-state index contributed by atoms with van der Waals surface area (Å²) >= 11 is 0. The summed E-state index contributed by atoms with van der Waals surface area (Å²) in [5.74, 6) is 0.749. The largest absolute Gasteiger partial charge is 0.366 e. The van der Waals surface area contributed by atoms with E-state index in [0.717, 1.165) is 36.8 Å². The van der Waals surface area contributed by atoms with E-state index in [1.165, 1.54) is 31.5 Å². The highest BCUT2D eigenvalue weighted by Crippen LogP contribution is 2.30. The minimum absolute atomic E-state index is 0.647. The first kappa shape index (κ1) is 13.9. The zero-order valence-corrected chi connectivity index (χ0v) is 13.4. The molecule has 2 atom stereocenters. The van der Waals surface area contributed by atoms with Crippen LogP contribution in [-0.2, 0) is 6.42 Å². The molecule has 4 rings (SSSR count). The summed E-state index contributed by atoms with van der Waals surface area (Å²) in [6.07, 6.45) is 6.65. The Morgan fingerprint density at radius 1 is 1.23 bits per heavy atom. The molecule has 0 spiro atoms. The summed E-state index contributed by atoms with van der Waals surface area (Å²) in [5.41, 5.74) is 3.20. The molecule has 2 saturated heterocycles. The average Bonchev–Trinajstić information content (AvgIpc) is 2.83. The van der Waals surface area contributed by atoms with Gasteiger partial charge in [0.15, 0.2) is 0 Å². The van der Waals surface area contributed by atoms with Gasteiger partial charge in [0.1, 0.15) is 6.33 Å². The summed E-state index contributed by atoms with van der Waals surface area (Å²) in [7, 11) is 2.28. The predicted octanol–water partition coefficient (Wildman–Crippen LogP) is 1.61. The van der Waals surface area contributed by atoms with Crippen molar-refractivity contribution in [3.63, 3.8) is 0 Å². The molecule has 0 aliphatic carbocycles. The molecule has 2 aromatic heterocycles. The summed E-state index contributed by atoms with van der Waals surface area (Å²) in [6, 6.07) is 2.86. The van der Waals surface area contributed by atoms with Crippen LogP contribution in [-0.4, -0.2) is 57.4 Å². The van der Waals surface area contributed by atoms with Crippen molar-refractivity contribution < 1.29 is 0 Å². The SMILES string of the molecule is CCc1cc(N2C[C@H]3CCC[C@@H](C2)N(C)C3)c2nncn2n1. The van der Waals surface area contributed by atoms with Gasteiger partial charge in [-0.25, -0.2) is 0 Å². The molecule has 0 N–H and O–H groups in total. The van der Waals surface area contributed by atoms with E-state index in [0.29, 0.717) is 6.04 Å². The first-order chi connectivity index (χ1) is 10.7. The van der Waals surface area contributed by atoms with Crippen molar-refractivity contribution in [2.45, 2.75) is 38.6 Å². The third-order valence-corrected chi connectivity index (χ3v) is 5.23. The number of hydrogen-bond acceptors (Lipinski definition) is 5. The van der Waals surface area contributed by atoms with Crippen molar-refractivity contribution in [3.05, 3.63) is 18.1 Å². The summed E-state index contributed by atoms with van der Waals surface area (Å²) < 4.78 is 1.83. The van der Waals surface area contributed by atoms with Gasteiger partial charge in [-0.15, -0.1) is 10.2 Å². The van der Waals surface area contributed by atoms with Gasteiger partial charge in [0.25, 0.3) is 0 Å². The lowest BCUT2D eigenvalue weighted by atomic mass is 9.99. The predicted molar refractivity (Wildman–Crippen MR) is 86.1 cm³/mol. The van der Waals surface area contributed by atoms with Crippen molar-refractivity contribution in [2.75, 3.05) is 31.6 Å². The first-order valence-electron chi connectivity index (χ1n) is 8.39. The summed E-state index contributed by atoms with van der Waals surface area (Å²) in [5, 5.41) is 12.9. The maximum absolute atomic E-state index is 4.57. The van der Waals surface area contributed by atoms with Crippen LogP contribution >= 0.6 is 0 Å². The van der Waals surface area contributed by atoms with Gasteiger partial charge in [0.05, 0.1) is 11.4 Å². The minimum Gasteiger partial charge on any atom is -0.366 e. The van der Waals surface area contributed by atoms with E-state index in [2.05, 4.69) is 45.1 Å².